The molecule has 0 aliphatic rings. The largest absolute Gasteiger partial charge is 0.478 e. The van der Waals surface area contributed by atoms with E-state index in [1.165, 1.54) is 6.07 Å². The summed E-state index contributed by atoms with van der Waals surface area (Å²) in [6.07, 6.45) is 1.75. The van der Waals surface area contributed by atoms with E-state index in [9.17, 15) is 9.59 Å². The number of carboxylic acids is 1. The minimum Gasteiger partial charge on any atom is -0.478 e. The molecular weight excluding hydrogens is 276 g/mol. The number of para-hydroxylation sites is 1. The second-order valence-electron chi connectivity index (χ2n) is 4.45. The van der Waals surface area contributed by atoms with Crippen molar-refractivity contribution in [2.45, 2.75) is 19.8 Å². The molecule has 21 heavy (non-hydrogen) atoms. The first-order valence-electron chi connectivity index (χ1n) is 6.66. The van der Waals surface area contributed by atoms with Crippen LogP contribution in [0.2, 0.25) is 0 Å². The zero-order valence-corrected chi connectivity index (χ0v) is 11.6. The van der Waals surface area contributed by atoms with Gasteiger partial charge in [0.1, 0.15) is 0 Å². The van der Waals surface area contributed by atoms with Gasteiger partial charge in [-0.1, -0.05) is 25.5 Å². The Morgan fingerprint density at radius 2 is 2.14 bits per heavy atom. The summed E-state index contributed by atoms with van der Waals surface area (Å²) in [4.78, 5) is 22.4. The Balaban J connectivity index is 2.04. The van der Waals surface area contributed by atoms with Crippen molar-refractivity contribution in [3.05, 3.63) is 30.0 Å². The summed E-state index contributed by atoms with van der Waals surface area (Å²) in [5.41, 5.74) is 0.302. The molecule has 0 bridgehead atoms. The van der Waals surface area contributed by atoms with E-state index < -0.39 is 11.9 Å². The number of carbonyl (C=O) groups is 2. The number of benzene rings is 1. The molecule has 0 aliphatic carbocycles. The van der Waals surface area contributed by atoms with Crippen LogP contribution in [0.1, 0.15) is 30.3 Å². The first-order chi connectivity index (χ1) is 10.1. The van der Waals surface area contributed by atoms with Gasteiger partial charge in [-0.3, -0.25) is 0 Å². The maximum absolute atomic E-state index is 11.5. The highest BCUT2D eigenvalue weighted by Crippen LogP contribution is 2.28. The van der Waals surface area contributed by atoms with E-state index in [0.29, 0.717) is 23.3 Å². The minimum atomic E-state index is -1.16. The van der Waals surface area contributed by atoms with Crippen LogP contribution in [0.5, 0.6) is 5.75 Å². The summed E-state index contributed by atoms with van der Waals surface area (Å²) in [5, 5.41) is 9.51. The molecule has 0 saturated carbocycles. The number of carbonyl (C=O) groups excluding carboxylic acids is 1. The smallest absolute Gasteiger partial charge is 0.371 e. The first-order valence-corrected chi connectivity index (χ1v) is 6.66. The van der Waals surface area contributed by atoms with Crippen LogP contribution in [-0.2, 0) is 9.53 Å². The Labute approximate surface area is 121 Å². The number of furan rings is 1. The van der Waals surface area contributed by atoms with Crippen LogP contribution < -0.4 is 4.74 Å². The van der Waals surface area contributed by atoms with Crippen LogP contribution >= 0.6 is 0 Å². The molecule has 112 valence electrons. The molecule has 0 spiro atoms. The van der Waals surface area contributed by atoms with Crippen molar-refractivity contribution >= 4 is 22.9 Å². The molecule has 2 rings (SSSR count). The summed E-state index contributed by atoms with van der Waals surface area (Å²) in [6.45, 7) is 2.13. The van der Waals surface area contributed by atoms with Gasteiger partial charge in [-0.25, -0.2) is 9.59 Å². The van der Waals surface area contributed by atoms with Gasteiger partial charge in [0.05, 0.1) is 6.61 Å². The molecule has 0 aliphatic heterocycles. The number of aromatic carboxylic acids is 1. The molecule has 0 atom stereocenters. The fraction of sp³-hybridized carbons (Fsp3) is 0.333. The van der Waals surface area contributed by atoms with Crippen molar-refractivity contribution in [2.24, 2.45) is 0 Å². The van der Waals surface area contributed by atoms with Crippen LogP contribution in [-0.4, -0.2) is 30.3 Å². The zero-order chi connectivity index (χ0) is 15.2. The molecule has 0 unspecified atom stereocenters. The normalized spacial score (nSPS) is 10.5. The average molecular weight is 292 g/mol. The Bertz CT molecular complexity index is 643. The number of ether oxygens (including phenoxy) is 2. The van der Waals surface area contributed by atoms with Crippen molar-refractivity contribution in [3.8, 4) is 5.75 Å². The topological polar surface area (TPSA) is 86.0 Å². The number of fused-ring (bicyclic) bond motifs is 1. The van der Waals surface area contributed by atoms with E-state index in [0.717, 1.165) is 12.8 Å². The molecule has 1 heterocycles. The highest BCUT2D eigenvalue weighted by atomic mass is 16.6. The third-order valence-electron chi connectivity index (χ3n) is 2.83. The van der Waals surface area contributed by atoms with Crippen molar-refractivity contribution in [2.75, 3.05) is 13.2 Å². The van der Waals surface area contributed by atoms with Crippen molar-refractivity contribution in [1.82, 2.24) is 0 Å². The molecule has 1 N–H and O–H groups in total. The van der Waals surface area contributed by atoms with E-state index in [1.54, 1.807) is 18.2 Å². The highest BCUT2D eigenvalue weighted by molar-refractivity contribution is 5.93. The number of unbranched alkanes of at least 4 members (excludes halogenated alkanes) is 1. The number of hydrogen-bond donors (Lipinski definition) is 1. The summed E-state index contributed by atoms with van der Waals surface area (Å²) in [7, 11) is 0. The van der Waals surface area contributed by atoms with E-state index >= 15 is 0 Å². The van der Waals surface area contributed by atoms with Crippen LogP contribution in [0.3, 0.4) is 0 Å². The van der Waals surface area contributed by atoms with Gasteiger partial charge in [0.2, 0.25) is 5.76 Å². The fourth-order valence-electron chi connectivity index (χ4n) is 1.76. The Morgan fingerprint density at radius 3 is 2.86 bits per heavy atom. The molecule has 6 nitrogen and oxygen atoms in total. The molecule has 0 radical (unpaired) electrons. The maximum atomic E-state index is 11.5. The van der Waals surface area contributed by atoms with Crippen LogP contribution in [0.25, 0.3) is 11.0 Å². The lowest BCUT2D eigenvalue weighted by molar-refractivity contribution is -0.146. The Morgan fingerprint density at radius 1 is 1.33 bits per heavy atom. The average Bonchev–Trinajstić information content (AvgIpc) is 2.90. The van der Waals surface area contributed by atoms with Crippen LogP contribution in [0, 0.1) is 0 Å². The number of esters is 1. The molecule has 0 amide bonds. The minimum absolute atomic E-state index is 0.174. The second-order valence-corrected chi connectivity index (χ2v) is 4.45. The van der Waals surface area contributed by atoms with Gasteiger partial charge in [-0.2, -0.15) is 0 Å². The van der Waals surface area contributed by atoms with Gasteiger partial charge in [0.25, 0.3) is 0 Å². The predicted octanol–water partition coefficient (Wildman–Crippen LogP) is 2.85. The van der Waals surface area contributed by atoms with Gasteiger partial charge in [-0.15, -0.1) is 0 Å². The van der Waals surface area contributed by atoms with E-state index in [4.69, 9.17) is 19.0 Å². The summed E-state index contributed by atoms with van der Waals surface area (Å²) in [5.74, 6) is -1.49. The fourth-order valence-corrected chi connectivity index (χ4v) is 1.76. The summed E-state index contributed by atoms with van der Waals surface area (Å²) >= 11 is 0. The first kappa shape index (κ1) is 14.9. The van der Waals surface area contributed by atoms with E-state index in [1.807, 2.05) is 6.92 Å². The standard InChI is InChI=1S/C15H16O6/c1-2-3-7-19-13(16)9-20-11-6-4-5-10-8-12(15(17)18)21-14(10)11/h4-6,8H,2-3,7,9H2,1H3,(H,17,18). The molecule has 6 heteroatoms. The Hall–Kier alpha value is -2.50. The van der Waals surface area contributed by atoms with Gasteiger partial charge >= 0.3 is 11.9 Å². The third-order valence-corrected chi connectivity index (χ3v) is 2.83. The zero-order valence-electron chi connectivity index (χ0n) is 11.6. The van der Waals surface area contributed by atoms with Crippen LogP contribution in [0.15, 0.2) is 28.7 Å². The molecule has 0 saturated heterocycles. The van der Waals surface area contributed by atoms with Gasteiger partial charge < -0.3 is 19.0 Å². The van der Waals surface area contributed by atoms with Crippen molar-refractivity contribution in [3.63, 3.8) is 0 Å². The number of hydrogen-bond acceptors (Lipinski definition) is 5. The van der Waals surface area contributed by atoms with Crippen molar-refractivity contribution in [1.29, 1.82) is 0 Å². The lowest BCUT2D eigenvalue weighted by atomic mass is 10.2. The maximum Gasteiger partial charge on any atom is 0.371 e. The summed E-state index contributed by atoms with van der Waals surface area (Å²) < 4.78 is 15.5. The second kappa shape index (κ2) is 6.78. The van der Waals surface area contributed by atoms with Crippen LogP contribution in [0.4, 0.5) is 0 Å². The predicted molar refractivity (Wildman–Crippen MR) is 74.5 cm³/mol. The van der Waals surface area contributed by atoms with Crippen molar-refractivity contribution < 1.29 is 28.6 Å². The van der Waals surface area contributed by atoms with Gasteiger partial charge in [0.15, 0.2) is 17.9 Å². The number of rotatable bonds is 7. The van der Waals surface area contributed by atoms with E-state index in [2.05, 4.69) is 0 Å². The third kappa shape index (κ3) is 3.75. The quantitative estimate of drug-likeness (QED) is 0.623. The Kier molecular flexibility index (Phi) is 4.81. The monoisotopic (exact) mass is 292 g/mol. The summed E-state index contributed by atoms with van der Waals surface area (Å²) in [6, 6.07) is 6.42. The SMILES string of the molecule is CCCCOC(=O)COc1cccc2cc(C(=O)O)oc12. The highest BCUT2D eigenvalue weighted by Gasteiger charge is 2.14. The molecule has 1 aromatic carbocycles. The molecular formula is C15H16O6. The number of carboxylic acid groups (broad SMARTS) is 1. The molecule has 0 fully saturated rings. The lowest BCUT2D eigenvalue weighted by Crippen LogP contribution is -2.15. The lowest BCUT2D eigenvalue weighted by Gasteiger charge is -2.06. The van der Waals surface area contributed by atoms with Gasteiger partial charge in [-0.05, 0) is 18.6 Å². The van der Waals surface area contributed by atoms with E-state index in [-0.39, 0.29) is 12.4 Å². The van der Waals surface area contributed by atoms with Gasteiger partial charge in [0, 0.05) is 5.39 Å². The molecule has 2 aromatic rings. The molecule has 1 aromatic heterocycles.